The Morgan fingerprint density at radius 3 is 2.94 bits per heavy atom. The van der Waals surface area contributed by atoms with Gasteiger partial charge in [0.15, 0.2) is 5.16 Å². The van der Waals surface area contributed by atoms with E-state index in [9.17, 15) is 4.79 Å². The van der Waals surface area contributed by atoms with Crippen LogP contribution in [-0.4, -0.2) is 45.3 Å². The first-order chi connectivity index (χ1) is 7.65. The number of aromatic nitrogens is 3. The SMILES string of the molecule is COCCCc1nnc(SCC(=O)O)n1C. The predicted octanol–water partition coefficient (Wildman–Crippen LogP) is 0.571. The van der Waals surface area contributed by atoms with E-state index in [0.717, 1.165) is 18.7 Å². The fraction of sp³-hybridized carbons (Fsp3) is 0.667. The second-order valence-corrected chi connectivity index (χ2v) is 4.18. The highest BCUT2D eigenvalue weighted by molar-refractivity contribution is 7.99. The Bertz CT molecular complexity index is 354. The van der Waals surface area contributed by atoms with Crippen LogP contribution in [-0.2, 0) is 23.0 Å². The van der Waals surface area contributed by atoms with Crippen LogP contribution in [0.15, 0.2) is 5.16 Å². The van der Waals surface area contributed by atoms with Crippen LogP contribution in [0, 0.1) is 0 Å². The normalized spacial score (nSPS) is 10.6. The molecule has 0 saturated carbocycles. The van der Waals surface area contributed by atoms with Crippen LogP contribution in [0.2, 0.25) is 0 Å². The van der Waals surface area contributed by atoms with Crippen LogP contribution in [0.25, 0.3) is 0 Å². The highest BCUT2D eigenvalue weighted by atomic mass is 32.2. The van der Waals surface area contributed by atoms with Gasteiger partial charge in [-0.15, -0.1) is 10.2 Å². The maximum absolute atomic E-state index is 10.4. The molecule has 0 atom stereocenters. The molecule has 0 bridgehead atoms. The Morgan fingerprint density at radius 2 is 2.31 bits per heavy atom. The van der Waals surface area contributed by atoms with Gasteiger partial charge in [0.25, 0.3) is 0 Å². The Hall–Kier alpha value is -1.08. The van der Waals surface area contributed by atoms with Crippen LogP contribution < -0.4 is 0 Å². The summed E-state index contributed by atoms with van der Waals surface area (Å²) in [4.78, 5) is 10.4. The molecule has 0 spiro atoms. The standard InChI is InChI=1S/C9H15N3O3S/c1-12-7(4-3-5-15-2)10-11-9(12)16-6-8(13)14/h3-6H2,1-2H3,(H,13,14). The zero-order valence-electron chi connectivity index (χ0n) is 9.34. The fourth-order valence-corrected chi connectivity index (χ4v) is 1.84. The van der Waals surface area contributed by atoms with E-state index in [1.165, 1.54) is 11.8 Å². The van der Waals surface area contributed by atoms with Crippen molar-refractivity contribution in [2.45, 2.75) is 18.0 Å². The van der Waals surface area contributed by atoms with E-state index in [4.69, 9.17) is 9.84 Å². The molecule has 0 radical (unpaired) electrons. The first kappa shape index (κ1) is 13.0. The van der Waals surface area contributed by atoms with Crippen molar-refractivity contribution < 1.29 is 14.6 Å². The number of aryl methyl sites for hydroxylation is 1. The fourth-order valence-electron chi connectivity index (χ4n) is 1.19. The van der Waals surface area contributed by atoms with Crippen molar-refractivity contribution in [2.75, 3.05) is 19.5 Å². The first-order valence-electron chi connectivity index (χ1n) is 4.87. The van der Waals surface area contributed by atoms with Crippen LogP contribution in [0.3, 0.4) is 0 Å². The molecule has 16 heavy (non-hydrogen) atoms. The lowest BCUT2D eigenvalue weighted by molar-refractivity contribution is -0.133. The van der Waals surface area contributed by atoms with Gasteiger partial charge in [-0.2, -0.15) is 0 Å². The number of carboxylic acids is 1. The minimum Gasteiger partial charge on any atom is -0.481 e. The minimum absolute atomic E-state index is 0.00401. The quantitative estimate of drug-likeness (QED) is 0.559. The molecule has 0 amide bonds. The largest absolute Gasteiger partial charge is 0.481 e. The predicted molar refractivity (Wildman–Crippen MR) is 59.6 cm³/mol. The van der Waals surface area contributed by atoms with E-state index in [0.29, 0.717) is 11.8 Å². The third kappa shape index (κ3) is 3.82. The molecule has 7 heteroatoms. The maximum atomic E-state index is 10.4. The summed E-state index contributed by atoms with van der Waals surface area (Å²) in [7, 11) is 3.50. The molecular weight excluding hydrogens is 230 g/mol. The van der Waals surface area contributed by atoms with Crippen molar-refractivity contribution in [3.05, 3.63) is 5.82 Å². The van der Waals surface area contributed by atoms with Crippen molar-refractivity contribution in [3.63, 3.8) is 0 Å². The van der Waals surface area contributed by atoms with Crippen molar-refractivity contribution >= 4 is 17.7 Å². The summed E-state index contributed by atoms with van der Waals surface area (Å²) in [5.41, 5.74) is 0. The average molecular weight is 245 g/mol. The highest BCUT2D eigenvalue weighted by Crippen LogP contribution is 2.15. The molecule has 90 valence electrons. The Morgan fingerprint density at radius 1 is 1.56 bits per heavy atom. The van der Waals surface area contributed by atoms with Crippen LogP contribution >= 0.6 is 11.8 Å². The van der Waals surface area contributed by atoms with Gasteiger partial charge in [0.1, 0.15) is 5.82 Å². The zero-order chi connectivity index (χ0) is 12.0. The summed E-state index contributed by atoms with van der Waals surface area (Å²) in [5, 5.41) is 17.1. The molecule has 0 aliphatic rings. The average Bonchev–Trinajstić information content (AvgIpc) is 2.58. The van der Waals surface area contributed by atoms with Crippen LogP contribution in [0.4, 0.5) is 0 Å². The Balaban J connectivity index is 2.51. The van der Waals surface area contributed by atoms with Crippen molar-refractivity contribution in [1.29, 1.82) is 0 Å². The third-order valence-electron chi connectivity index (χ3n) is 2.00. The molecule has 6 nitrogen and oxygen atoms in total. The number of aliphatic carboxylic acids is 1. The van der Waals surface area contributed by atoms with Gasteiger partial charge in [0, 0.05) is 27.2 Å². The van der Waals surface area contributed by atoms with Crippen LogP contribution in [0.1, 0.15) is 12.2 Å². The third-order valence-corrected chi connectivity index (χ3v) is 3.00. The van der Waals surface area contributed by atoms with E-state index in [1.807, 2.05) is 11.6 Å². The number of hydrogen-bond acceptors (Lipinski definition) is 5. The molecule has 1 N–H and O–H groups in total. The van der Waals surface area contributed by atoms with Gasteiger partial charge in [0.05, 0.1) is 5.75 Å². The van der Waals surface area contributed by atoms with E-state index in [-0.39, 0.29) is 5.75 Å². The summed E-state index contributed by atoms with van der Waals surface area (Å²) in [6.45, 7) is 0.685. The van der Waals surface area contributed by atoms with E-state index < -0.39 is 5.97 Å². The number of thioether (sulfide) groups is 1. The lowest BCUT2D eigenvalue weighted by atomic mass is 10.3. The molecule has 0 saturated heterocycles. The first-order valence-corrected chi connectivity index (χ1v) is 5.85. The highest BCUT2D eigenvalue weighted by Gasteiger charge is 2.10. The summed E-state index contributed by atoms with van der Waals surface area (Å²) < 4.78 is 6.77. The van der Waals surface area contributed by atoms with Crippen molar-refractivity contribution in [2.24, 2.45) is 7.05 Å². The van der Waals surface area contributed by atoms with Gasteiger partial charge in [-0.3, -0.25) is 4.79 Å². The molecule has 1 rings (SSSR count). The van der Waals surface area contributed by atoms with E-state index >= 15 is 0 Å². The second-order valence-electron chi connectivity index (χ2n) is 3.24. The number of carbonyl (C=O) groups is 1. The van der Waals surface area contributed by atoms with Crippen molar-refractivity contribution in [1.82, 2.24) is 14.8 Å². The van der Waals surface area contributed by atoms with Gasteiger partial charge >= 0.3 is 5.97 Å². The lowest BCUT2D eigenvalue weighted by Gasteiger charge is -2.02. The number of hydrogen-bond donors (Lipinski definition) is 1. The molecule has 1 aromatic rings. The van der Waals surface area contributed by atoms with Gasteiger partial charge in [0.2, 0.25) is 0 Å². The smallest absolute Gasteiger partial charge is 0.313 e. The Labute approximate surface area is 98.0 Å². The van der Waals surface area contributed by atoms with E-state index in [1.54, 1.807) is 7.11 Å². The molecule has 0 aromatic carbocycles. The van der Waals surface area contributed by atoms with Gasteiger partial charge in [-0.05, 0) is 6.42 Å². The summed E-state index contributed by atoms with van der Waals surface area (Å²) in [6, 6.07) is 0. The monoisotopic (exact) mass is 245 g/mol. The molecule has 0 unspecified atom stereocenters. The van der Waals surface area contributed by atoms with E-state index in [2.05, 4.69) is 10.2 Å². The number of ether oxygens (including phenoxy) is 1. The second kappa shape index (κ2) is 6.49. The lowest BCUT2D eigenvalue weighted by Crippen LogP contribution is -2.03. The molecule has 0 aliphatic carbocycles. The minimum atomic E-state index is -0.853. The van der Waals surface area contributed by atoms with Gasteiger partial charge < -0.3 is 14.4 Å². The maximum Gasteiger partial charge on any atom is 0.313 e. The molecule has 0 aliphatic heterocycles. The van der Waals surface area contributed by atoms with Crippen molar-refractivity contribution in [3.8, 4) is 0 Å². The molecule has 1 heterocycles. The number of rotatable bonds is 7. The Kier molecular flexibility index (Phi) is 5.27. The number of carboxylic acid groups (broad SMARTS) is 1. The van der Waals surface area contributed by atoms with Crippen LogP contribution in [0.5, 0.6) is 0 Å². The molecule has 0 fully saturated rings. The zero-order valence-corrected chi connectivity index (χ0v) is 10.2. The molecule has 1 aromatic heterocycles. The van der Waals surface area contributed by atoms with Gasteiger partial charge in [-0.1, -0.05) is 11.8 Å². The summed E-state index contributed by atoms with van der Waals surface area (Å²) in [5.74, 6) is 0.00297. The summed E-state index contributed by atoms with van der Waals surface area (Å²) >= 11 is 1.17. The number of methoxy groups -OCH3 is 1. The number of nitrogens with zero attached hydrogens (tertiary/aromatic N) is 3. The van der Waals surface area contributed by atoms with Gasteiger partial charge in [-0.25, -0.2) is 0 Å². The molecular formula is C9H15N3O3S. The summed E-state index contributed by atoms with van der Waals surface area (Å²) in [6.07, 6.45) is 1.66. The topological polar surface area (TPSA) is 77.2 Å².